The monoisotopic (exact) mass is 700 g/mol. The van der Waals surface area contributed by atoms with Crippen LogP contribution in [-0.2, 0) is 25.5 Å². The smallest absolute Gasteiger partial charge is 0.306 e. The number of benzene rings is 2. The Morgan fingerprint density at radius 2 is 1.83 bits per heavy atom. The molecule has 1 saturated carbocycles. The van der Waals surface area contributed by atoms with Gasteiger partial charge in [-0.1, -0.05) is 41.4 Å². The Morgan fingerprint density at radius 3 is 2.57 bits per heavy atom. The number of aliphatic carboxylic acids is 1. The van der Waals surface area contributed by atoms with Crippen LogP contribution in [0, 0.1) is 5.92 Å². The summed E-state index contributed by atoms with van der Waals surface area (Å²) in [5.41, 5.74) is 1.45. The Kier molecular flexibility index (Phi) is 10.4. The highest BCUT2D eigenvalue weighted by Gasteiger charge is 2.40. The van der Waals surface area contributed by atoms with E-state index in [1.807, 2.05) is 34.5 Å². The predicted octanol–water partition coefficient (Wildman–Crippen LogP) is 5.41. The van der Waals surface area contributed by atoms with E-state index < -0.39 is 5.97 Å². The van der Waals surface area contributed by atoms with E-state index in [0.717, 1.165) is 16.6 Å². The number of carbonyl (C=O) groups is 4. The van der Waals surface area contributed by atoms with Gasteiger partial charge >= 0.3 is 5.97 Å². The fraction of sp³-hybridized carbons (Fsp3) is 0.471. The lowest BCUT2D eigenvalue weighted by Gasteiger charge is -2.35. The quantitative estimate of drug-likeness (QED) is 0.307. The van der Waals surface area contributed by atoms with Gasteiger partial charge in [0.1, 0.15) is 0 Å². The van der Waals surface area contributed by atoms with Crippen molar-refractivity contribution in [3.8, 4) is 0 Å². The van der Waals surface area contributed by atoms with E-state index >= 15 is 0 Å². The molecule has 250 valence electrons. The number of thiophene rings is 1. The normalized spacial score (nSPS) is 23.8. The zero-order valence-electron chi connectivity index (χ0n) is 26.1. The van der Waals surface area contributed by atoms with Crippen LogP contribution in [-0.4, -0.2) is 102 Å². The van der Waals surface area contributed by atoms with Crippen LogP contribution in [0.2, 0.25) is 10.0 Å². The van der Waals surface area contributed by atoms with Crippen LogP contribution in [0.5, 0.6) is 0 Å². The average Bonchev–Trinajstić information content (AvgIpc) is 3.69. The van der Waals surface area contributed by atoms with Gasteiger partial charge in [-0.05, 0) is 55.9 Å². The van der Waals surface area contributed by atoms with E-state index in [0.29, 0.717) is 80.2 Å². The Balaban J connectivity index is 1.13. The summed E-state index contributed by atoms with van der Waals surface area (Å²) < 4.78 is 7.29. The molecule has 0 spiro atoms. The number of fused-ring (bicyclic) bond motifs is 1. The lowest BCUT2D eigenvalue weighted by Crippen LogP contribution is -2.52. The second kappa shape index (κ2) is 14.5. The van der Waals surface area contributed by atoms with Crippen molar-refractivity contribution in [2.45, 2.75) is 56.7 Å². The summed E-state index contributed by atoms with van der Waals surface area (Å²) in [5, 5.41) is 15.5. The summed E-state index contributed by atoms with van der Waals surface area (Å²) in [7, 11) is 1.80. The molecular formula is C34H38Cl2N4O6S. The molecule has 3 heterocycles. The van der Waals surface area contributed by atoms with Crippen molar-refractivity contribution in [3.05, 3.63) is 63.0 Å². The predicted molar refractivity (Wildman–Crippen MR) is 182 cm³/mol. The van der Waals surface area contributed by atoms with Crippen molar-refractivity contribution in [1.82, 2.24) is 14.7 Å². The number of nitrogens with zero attached hydrogens (tertiary/aromatic N) is 3. The molecule has 3 fully saturated rings. The molecule has 0 bridgehead atoms. The van der Waals surface area contributed by atoms with E-state index in [-0.39, 0.29) is 53.3 Å². The number of carbonyl (C=O) groups excluding carboxylic acids is 3. The third-order valence-electron chi connectivity index (χ3n) is 9.72. The summed E-state index contributed by atoms with van der Waals surface area (Å²) >= 11 is 14.8. The Labute approximate surface area is 287 Å². The third-order valence-corrected chi connectivity index (χ3v) is 11.3. The van der Waals surface area contributed by atoms with Crippen molar-refractivity contribution in [2.24, 2.45) is 5.92 Å². The van der Waals surface area contributed by atoms with Gasteiger partial charge in [-0.3, -0.25) is 24.1 Å². The number of amides is 3. The lowest BCUT2D eigenvalue weighted by atomic mass is 9.87. The number of nitrogens with one attached hydrogen (secondary N) is 1. The molecule has 10 nitrogen and oxygen atoms in total. The molecular weight excluding hydrogens is 663 g/mol. The van der Waals surface area contributed by atoms with Gasteiger partial charge in [0.05, 0.1) is 53.9 Å². The first-order valence-corrected chi connectivity index (χ1v) is 17.6. The Hall–Kier alpha value is -3.22. The number of likely N-dealkylation sites (tertiary alicyclic amines) is 1. The van der Waals surface area contributed by atoms with E-state index in [4.69, 9.17) is 27.9 Å². The van der Waals surface area contributed by atoms with E-state index in [2.05, 4.69) is 10.2 Å². The highest BCUT2D eigenvalue weighted by atomic mass is 35.5. The van der Waals surface area contributed by atoms with Crippen molar-refractivity contribution >= 4 is 74.0 Å². The molecule has 3 amide bonds. The van der Waals surface area contributed by atoms with Crippen molar-refractivity contribution in [2.75, 3.05) is 45.2 Å². The molecule has 3 aromatic rings. The topological polar surface area (TPSA) is 119 Å². The zero-order chi connectivity index (χ0) is 33.2. The van der Waals surface area contributed by atoms with Crippen LogP contribution in [0.25, 0.3) is 10.1 Å². The molecule has 2 atom stereocenters. The maximum atomic E-state index is 13.9. The number of hydrogen-bond donors (Lipinski definition) is 2. The Bertz CT molecular complexity index is 1680. The molecule has 0 radical (unpaired) electrons. The fourth-order valence-corrected chi connectivity index (χ4v) is 8.26. The first kappa shape index (κ1) is 33.7. The minimum Gasteiger partial charge on any atom is -0.481 e. The van der Waals surface area contributed by atoms with Gasteiger partial charge in [-0.25, -0.2) is 0 Å². The second-order valence-corrected chi connectivity index (χ2v) is 14.4. The van der Waals surface area contributed by atoms with Crippen molar-refractivity contribution in [3.63, 3.8) is 0 Å². The summed E-state index contributed by atoms with van der Waals surface area (Å²) in [6.07, 6.45) is 3.15. The molecule has 1 aromatic heterocycles. The molecule has 2 aliphatic heterocycles. The molecule has 2 saturated heterocycles. The summed E-state index contributed by atoms with van der Waals surface area (Å²) in [4.78, 5) is 56.6. The highest BCUT2D eigenvalue weighted by molar-refractivity contribution is 7.17. The minimum absolute atomic E-state index is 0.0105. The van der Waals surface area contributed by atoms with Gasteiger partial charge in [0.15, 0.2) is 0 Å². The van der Waals surface area contributed by atoms with Gasteiger partial charge in [0.2, 0.25) is 11.8 Å². The molecule has 2 aromatic carbocycles. The number of halogens is 2. The molecule has 1 aliphatic carbocycles. The summed E-state index contributed by atoms with van der Waals surface area (Å²) in [6, 6.07) is 10.7. The van der Waals surface area contributed by atoms with Gasteiger partial charge < -0.3 is 25.0 Å². The molecule has 0 unspecified atom stereocenters. The van der Waals surface area contributed by atoms with Crippen molar-refractivity contribution in [1.29, 1.82) is 0 Å². The van der Waals surface area contributed by atoms with E-state index in [9.17, 15) is 24.3 Å². The third kappa shape index (κ3) is 7.60. The molecule has 3 aliphatic rings. The molecule has 47 heavy (non-hydrogen) atoms. The van der Waals surface area contributed by atoms with Gasteiger partial charge in [0, 0.05) is 53.2 Å². The van der Waals surface area contributed by atoms with Crippen LogP contribution in [0.1, 0.15) is 48.0 Å². The molecule has 2 N–H and O–H groups in total. The van der Waals surface area contributed by atoms with Crippen LogP contribution < -0.4 is 5.32 Å². The number of carboxylic acid groups (broad SMARTS) is 1. The lowest BCUT2D eigenvalue weighted by molar-refractivity contribution is -0.144. The number of rotatable bonds is 9. The fourth-order valence-electron chi connectivity index (χ4n) is 6.86. The van der Waals surface area contributed by atoms with Gasteiger partial charge in [0.25, 0.3) is 5.91 Å². The number of hydrogen-bond acceptors (Lipinski definition) is 7. The van der Waals surface area contributed by atoms with E-state index in [1.54, 1.807) is 24.1 Å². The van der Waals surface area contributed by atoms with Gasteiger partial charge in [-0.15, -0.1) is 11.3 Å². The number of anilines is 1. The van der Waals surface area contributed by atoms with Crippen LogP contribution in [0.4, 0.5) is 5.69 Å². The maximum absolute atomic E-state index is 13.9. The molecule has 6 rings (SSSR count). The number of piperazine rings is 1. The number of ether oxygens (including phenoxy) is 1. The second-order valence-electron chi connectivity index (χ2n) is 12.7. The largest absolute Gasteiger partial charge is 0.481 e. The van der Waals surface area contributed by atoms with Crippen molar-refractivity contribution < 1.29 is 29.0 Å². The van der Waals surface area contributed by atoms with Crippen LogP contribution in [0.15, 0.2) is 41.8 Å². The minimum atomic E-state index is -0.758. The molecule has 13 heteroatoms. The zero-order valence-corrected chi connectivity index (χ0v) is 28.5. The number of carboxylic acids is 1. The van der Waals surface area contributed by atoms with Crippen LogP contribution >= 0.6 is 34.5 Å². The number of likely N-dealkylation sites (N-methyl/N-ethyl adjacent to an activating group) is 1. The summed E-state index contributed by atoms with van der Waals surface area (Å²) in [5.74, 6) is -1.45. The standard InChI is InChI=1S/C34H38Cl2N4O6S/c1-38-10-11-39(17-32(38)42)22-14-23(18-46-24-8-6-20(7-9-24)34(44)45)40(16-22)31(41)13-21-12-28(36)29(15-27(21)35)37-33(43)26-19-47-30-5-3-2-4-25(26)30/h2-5,12,15,19-20,22-24H,6-11,13-14,16-18H2,1H3,(H,37,43)(H,44,45)/t20-,22-,23-,24-/m0/s1. The average molecular weight is 702 g/mol. The summed E-state index contributed by atoms with van der Waals surface area (Å²) in [6.45, 7) is 2.48. The van der Waals surface area contributed by atoms with Gasteiger partial charge in [-0.2, -0.15) is 0 Å². The van der Waals surface area contributed by atoms with E-state index in [1.165, 1.54) is 11.3 Å². The Morgan fingerprint density at radius 1 is 1.06 bits per heavy atom. The van der Waals surface area contributed by atoms with Crippen LogP contribution in [0.3, 0.4) is 0 Å². The first-order valence-electron chi connectivity index (χ1n) is 15.9. The maximum Gasteiger partial charge on any atom is 0.306 e. The SMILES string of the molecule is CN1CCN([C@H]2C[C@@H](CO[C@H]3CC[C@H](C(=O)O)CC3)N(C(=O)Cc3cc(Cl)c(NC(=O)c4csc5ccccc45)cc3Cl)C2)CC1=O. The highest BCUT2D eigenvalue weighted by Crippen LogP contribution is 2.34. The first-order chi connectivity index (χ1) is 22.6.